The predicted octanol–water partition coefficient (Wildman–Crippen LogP) is 2.65. The zero-order chi connectivity index (χ0) is 16.8. The first-order chi connectivity index (χ1) is 10.9. The first-order valence-electron chi connectivity index (χ1n) is 8.83. The van der Waals surface area contributed by atoms with Gasteiger partial charge in [0.25, 0.3) is 0 Å². The van der Waals surface area contributed by atoms with Crippen LogP contribution in [0.2, 0.25) is 0 Å². The van der Waals surface area contributed by atoms with E-state index in [0.29, 0.717) is 24.8 Å². The molecule has 0 radical (unpaired) electrons. The summed E-state index contributed by atoms with van der Waals surface area (Å²) in [5.41, 5.74) is 4.98. The molecule has 0 aromatic heterocycles. The van der Waals surface area contributed by atoms with Gasteiger partial charge in [-0.2, -0.15) is 0 Å². The van der Waals surface area contributed by atoms with Gasteiger partial charge >= 0.3 is 0 Å². The van der Waals surface area contributed by atoms with Crippen molar-refractivity contribution in [2.75, 3.05) is 6.61 Å². The van der Waals surface area contributed by atoms with Gasteiger partial charge in [-0.25, -0.2) is 4.39 Å². The lowest BCUT2D eigenvalue weighted by Crippen LogP contribution is -2.60. The van der Waals surface area contributed by atoms with E-state index in [-0.39, 0.29) is 30.4 Å². The number of halogens is 2. The fourth-order valence-corrected chi connectivity index (χ4v) is 5.16. The van der Waals surface area contributed by atoms with Gasteiger partial charge < -0.3 is 15.6 Å². The van der Waals surface area contributed by atoms with Crippen LogP contribution in [0.4, 0.5) is 4.39 Å². The Labute approximate surface area is 142 Å². The highest BCUT2D eigenvalue weighted by molar-refractivity contribution is 6.21. The molecular formula is C17H28ClFN2O2. The molecule has 3 rings (SSSR count). The SMILES string of the molecule is CCOC1CC(F)C(Cl)CC1C1(O)C(N)=NC2CCC(C)CC21. The van der Waals surface area contributed by atoms with E-state index in [0.717, 1.165) is 19.3 Å². The van der Waals surface area contributed by atoms with Crippen LogP contribution in [0.1, 0.15) is 46.0 Å². The van der Waals surface area contributed by atoms with Gasteiger partial charge in [0.05, 0.1) is 17.5 Å². The van der Waals surface area contributed by atoms with Crippen LogP contribution < -0.4 is 5.73 Å². The van der Waals surface area contributed by atoms with E-state index < -0.39 is 17.1 Å². The molecule has 2 fully saturated rings. The standard InChI is InChI=1S/C17H28ClFN2O2/c1-3-23-15-8-13(19)12(18)7-11(15)17(22)10-6-9(2)4-5-14(10)21-16(17)20/h9-15,22H,3-8H2,1-2H3,(H2,20,21). The summed E-state index contributed by atoms with van der Waals surface area (Å²) in [6.07, 6.45) is 2.09. The first-order valence-corrected chi connectivity index (χ1v) is 9.27. The molecular weight excluding hydrogens is 319 g/mol. The van der Waals surface area contributed by atoms with Gasteiger partial charge in [0, 0.05) is 24.9 Å². The lowest BCUT2D eigenvalue weighted by molar-refractivity contribution is -0.115. The molecule has 1 aliphatic heterocycles. The molecule has 0 aromatic rings. The molecule has 2 aliphatic carbocycles. The molecule has 1 heterocycles. The summed E-state index contributed by atoms with van der Waals surface area (Å²) in [4.78, 5) is 4.56. The van der Waals surface area contributed by atoms with Crippen molar-refractivity contribution in [1.29, 1.82) is 0 Å². The van der Waals surface area contributed by atoms with E-state index in [1.807, 2.05) is 6.92 Å². The minimum absolute atomic E-state index is 0.000709. The van der Waals surface area contributed by atoms with Crippen molar-refractivity contribution in [3.8, 4) is 0 Å². The van der Waals surface area contributed by atoms with Crippen LogP contribution in [0.5, 0.6) is 0 Å². The molecule has 0 spiro atoms. The Morgan fingerprint density at radius 3 is 2.78 bits per heavy atom. The van der Waals surface area contributed by atoms with Crippen molar-refractivity contribution in [3.63, 3.8) is 0 Å². The molecule has 0 amide bonds. The number of fused-ring (bicyclic) bond motifs is 1. The summed E-state index contributed by atoms with van der Waals surface area (Å²) in [6.45, 7) is 4.57. The van der Waals surface area contributed by atoms with Crippen LogP contribution in [0.25, 0.3) is 0 Å². The fraction of sp³-hybridized carbons (Fsp3) is 0.941. The van der Waals surface area contributed by atoms with Gasteiger partial charge in [0.2, 0.25) is 0 Å². The van der Waals surface area contributed by atoms with Gasteiger partial charge in [0.15, 0.2) is 0 Å². The number of ether oxygens (including phenoxy) is 1. The Hall–Kier alpha value is -0.390. The molecule has 0 saturated heterocycles. The molecule has 8 atom stereocenters. The van der Waals surface area contributed by atoms with Crippen molar-refractivity contribution in [2.24, 2.45) is 28.5 Å². The van der Waals surface area contributed by atoms with Crippen molar-refractivity contribution in [2.45, 2.75) is 75.2 Å². The molecule has 2 saturated carbocycles. The third-order valence-corrected chi connectivity index (χ3v) is 6.53. The smallest absolute Gasteiger partial charge is 0.131 e. The Kier molecular flexibility index (Phi) is 4.92. The second kappa shape index (κ2) is 6.49. The van der Waals surface area contributed by atoms with Gasteiger partial charge in [-0.15, -0.1) is 11.6 Å². The summed E-state index contributed by atoms with van der Waals surface area (Å²) >= 11 is 6.20. The summed E-state index contributed by atoms with van der Waals surface area (Å²) in [5, 5.41) is 11.0. The minimum Gasteiger partial charge on any atom is -0.385 e. The van der Waals surface area contributed by atoms with Crippen molar-refractivity contribution < 1.29 is 14.2 Å². The van der Waals surface area contributed by atoms with E-state index in [1.54, 1.807) is 0 Å². The molecule has 132 valence electrons. The second-order valence-electron chi connectivity index (χ2n) is 7.54. The molecule has 8 unspecified atom stereocenters. The Bertz CT molecular complexity index is 478. The maximum atomic E-state index is 14.1. The number of aliphatic hydroxyl groups is 1. The Balaban J connectivity index is 1.91. The number of rotatable bonds is 3. The zero-order valence-corrected chi connectivity index (χ0v) is 14.7. The van der Waals surface area contributed by atoms with E-state index in [2.05, 4.69) is 11.9 Å². The van der Waals surface area contributed by atoms with Crippen LogP contribution in [-0.2, 0) is 4.74 Å². The molecule has 6 heteroatoms. The fourth-order valence-electron chi connectivity index (χ4n) is 4.87. The van der Waals surface area contributed by atoms with Gasteiger partial charge in [-0.1, -0.05) is 6.92 Å². The number of nitrogens with zero attached hydrogens (tertiary/aromatic N) is 1. The largest absolute Gasteiger partial charge is 0.385 e. The van der Waals surface area contributed by atoms with E-state index in [1.165, 1.54) is 0 Å². The summed E-state index contributed by atoms with van der Waals surface area (Å²) in [5.74, 6) is 0.552. The Morgan fingerprint density at radius 2 is 2.09 bits per heavy atom. The average Bonchev–Trinajstić information content (AvgIpc) is 2.75. The first kappa shape index (κ1) is 17.4. The third kappa shape index (κ3) is 2.89. The monoisotopic (exact) mass is 346 g/mol. The number of aliphatic imine (C=N–C) groups is 1. The third-order valence-electron chi connectivity index (χ3n) is 6.08. The summed E-state index contributed by atoms with van der Waals surface area (Å²) in [7, 11) is 0. The molecule has 3 N–H and O–H groups in total. The number of hydrogen-bond donors (Lipinski definition) is 2. The molecule has 3 aliphatic rings. The van der Waals surface area contributed by atoms with Crippen LogP contribution >= 0.6 is 11.6 Å². The van der Waals surface area contributed by atoms with Crippen LogP contribution in [0.15, 0.2) is 4.99 Å². The summed E-state index contributed by atoms with van der Waals surface area (Å²) in [6, 6.07) is 0.0790. The highest BCUT2D eigenvalue weighted by Crippen LogP contribution is 2.50. The predicted molar refractivity (Wildman–Crippen MR) is 89.5 cm³/mol. The Morgan fingerprint density at radius 1 is 1.35 bits per heavy atom. The van der Waals surface area contributed by atoms with Crippen LogP contribution in [0.3, 0.4) is 0 Å². The number of nitrogens with two attached hydrogens (primary N) is 1. The average molecular weight is 347 g/mol. The molecule has 23 heavy (non-hydrogen) atoms. The van der Waals surface area contributed by atoms with Crippen molar-refractivity contribution in [3.05, 3.63) is 0 Å². The van der Waals surface area contributed by atoms with Gasteiger partial charge in [0.1, 0.15) is 17.6 Å². The van der Waals surface area contributed by atoms with E-state index in [9.17, 15) is 9.50 Å². The quantitative estimate of drug-likeness (QED) is 0.772. The number of amidine groups is 1. The van der Waals surface area contributed by atoms with Crippen molar-refractivity contribution in [1.82, 2.24) is 0 Å². The van der Waals surface area contributed by atoms with Crippen molar-refractivity contribution >= 4 is 17.4 Å². The maximum Gasteiger partial charge on any atom is 0.131 e. The van der Waals surface area contributed by atoms with E-state index >= 15 is 0 Å². The highest BCUT2D eigenvalue weighted by Gasteiger charge is 2.59. The zero-order valence-electron chi connectivity index (χ0n) is 13.9. The van der Waals surface area contributed by atoms with Gasteiger partial charge in [-0.3, -0.25) is 4.99 Å². The van der Waals surface area contributed by atoms with Gasteiger partial charge in [-0.05, 0) is 38.5 Å². The molecule has 4 nitrogen and oxygen atoms in total. The van der Waals surface area contributed by atoms with Crippen LogP contribution in [-0.4, -0.2) is 46.8 Å². The normalized spacial score (nSPS) is 50.5. The number of alkyl halides is 2. The highest BCUT2D eigenvalue weighted by atomic mass is 35.5. The van der Waals surface area contributed by atoms with E-state index in [4.69, 9.17) is 22.1 Å². The minimum atomic E-state index is -1.22. The van der Waals surface area contributed by atoms with Crippen LogP contribution in [0, 0.1) is 17.8 Å². The lowest BCUT2D eigenvalue weighted by Gasteiger charge is -2.47. The molecule has 0 aromatic carbocycles. The molecule has 0 bridgehead atoms. The number of hydrogen-bond acceptors (Lipinski definition) is 4. The second-order valence-corrected chi connectivity index (χ2v) is 8.10. The summed E-state index contributed by atoms with van der Waals surface area (Å²) < 4.78 is 19.9. The maximum absolute atomic E-state index is 14.1. The topological polar surface area (TPSA) is 67.8 Å². The lowest BCUT2D eigenvalue weighted by atomic mass is 9.63.